The average Bonchev–Trinajstić information content (AvgIpc) is 3.21. The Morgan fingerprint density at radius 1 is 1.19 bits per heavy atom. The van der Waals surface area contributed by atoms with Gasteiger partial charge in [0.15, 0.2) is 5.65 Å². The molecule has 0 radical (unpaired) electrons. The summed E-state index contributed by atoms with van der Waals surface area (Å²) in [6.07, 6.45) is 4.30. The summed E-state index contributed by atoms with van der Waals surface area (Å²) in [5, 5.41) is 14.9. The molecular formula is C23H21FN4O3. The molecule has 0 amide bonds. The highest BCUT2D eigenvalue weighted by Gasteiger charge is 2.14. The molecule has 1 N–H and O–H groups in total. The maximum Gasteiger partial charge on any atom is 0.264 e. The quantitative estimate of drug-likeness (QED) is 0.443. The standard InChI is InChI=1S/C23H21FN4O3/c1-2-5-16-6-3-4-7-21(16)31-14-19(29)13-27-15-25-22-20(23(27)30)12-26-28(22)18-10-8-17(24)9-11-18/h2-4,6-12,15,19,29H,1,5,13-14H2. The molecule has 0 fully saturated rings. The number of aliphatic hydroxyl groups excluding tert-OH is 1. The summed E-state index contributed by atoms with van der Waals surface area (Å²) in [4.78, 5) is 17.1. The van der Waals surface area contributed by atoms with Crippen LogP contribution in [0.3, 0.4) is 0 Å². The van der Waals surface area contributed by atoms with Gasteiger partial charge in [-0.1, -0.05) is 24.3 Å². The van der Waals surface area contributed by atoms with E-state index in [0.717, 1.165) is 5.56 Å². The molecule has 4 aromatic rings. The lowest BCUT2D eigenvalue weighted by Gasteiger charge is -2.15. The highest BCUT2D eigenvalue weighted by molar-refractivity contribution is 5.74. The lowest BCUT2D eigenvalue weighted by molar-refractivity contribution is 0.0911. The van der Waals surface area contributed by atoms with E-state index in [-0.39, 0.29) is 24.5 Å². The number of nitrogens with zero attached hydrogens (tertiary/aromatic N) is 4. The van der Waals surface area contributed by atoms with Gasteiger partial charge in [-0.2, -0.15) is 5.10 Å². The third-order valence-corrected chi connectivity index (χ3v) is 4.80. The minimum absolute atomic E-state index is 0.0210. The van der Waals surface area contributed by atoms with E-state index in [0.29, 0.717) is 28.9 Å². The Kier molecular flexibility index (Phi) is 5.90. The molecule has 2 aromatic heterocycles. The van der Waals surface area contributed by atoms with Crippen molar-refractivity contribution in [3.63, 3.8) is 0 Å². The molecule has 4 rings (SSSR count). The van der Waals surface area contributed by atoms with Gasteiger partial charge >= 0.3 is 0 Å². The normalized spacial score (nSPS) is 12.1. The topological polar surface area (TPSA) is 82.2 Å². The largest absolute Gasteiger partial charge is 0.491 e. The summed E-state index contributed by atoms with van der Waals surface area (Å²) in [7, 11) is 0. The Bertz CT molecular complexity index is 1260. The number of benzene rings is 2. The zero-order valence-corrected chi connectivity index (χ0v) is 16.7. The number of fused-ring (bicyclic) bond motifs is 1. The molecule has 0 spiro atoms. The summed E-state index contributed by atoms with van der Waals surface area (Å²) < 4.78 is 21.7. The van der Waals surface area contributed by atoms with Crippen LogP contribution in [-0.2, 0) is 13.0 Å². The van der Waals surface area contributed by atoms with Crippen molar-refractivity contribution in [3.8, 4) is 11.4 Å². The summed E-state index contributed by atoms with van der Waals surface area (Å²) >= 11 is 0. The van der Waals surface area contributed by atoms with Crippen molar-refractivity contribution in [1.29, 1.82) is 0 Å². The summed E-state index contributed by atoms with van der Waals surface area (Å²) in [6.45, 7) is 3.78. The Labute approximate surface area is 177 Å². The van der Waals surface area contributed by atoms with E-state index < -0.39 is 6.10 Å². The van der Waals surface area contributed by atoms with Crippen LogP contribution in [-0.4, -0.2) is 37.1 Å². The molecule has 1 unspecified atom stereocenters. The van der Waals surface area contributed by atoms with Crippen LogP contribution in [0.1, 0.15) is 5.56 Å². The Balaban J connectivity index is 1.50. The molecule has 1 atom stereocenters. The fraction of sp³-hybridized carbons (Fsp3) is 0.174. The first-order valence-electron chi connectivity index (χ1n) is 9.75. The van der Waals surface area contributed by atoms with Gasteiger partial charge in [0, 0.05) is 0 Å². The highest BCUT2D eigenvalue weighted by atomic mass is 19.1. The Morgan fingerprint density at radius 3 is 2.74 bits per heavy atom. The van der Waals surface area contributed by atoms with Gasteiger partial charge in [-0.3, -0.25) is 9.36 Å². The van der Waals surface area contributed by atoms with E-state index in [1.54, 1.807) is 18.2 Å². The number of aliphatic hydroxyl groups is 1. The van der Waals surface area contributed by atoms with Crippen molar-refractivity contribution in [2.45, 2.75) is 19.1 Å². The van der Waals surface area contributed by atoms with E-state index >= 15 is 0 Å². The minimum Gasteiger partial charge on any atom is -0.491 e. The second-order valence-corrected chi connectivity index (χ2v) is 7.04. The fourth-order valence-corrected chi connectivity index (χ4v) is 3.28. The van der Waals surface area contributed by atoms with Gasteiger partial charge in [-0.25, -0.2) is 14.1 Å². The first-order valence-corrected chi connectivity index (χ1v) is 9.75. The molecular weight excluding hydrogens is 399 g/mol. The van der Waals surface area contributed by atoms with Crippen LogP contribution in [0.15, 0.2) is 78.5 Å². The number of para-hydroxylation sites is 1. The van der Waals surface area contributed by atoms with Gasteiger partial charge in [-0.05, 0) is 42.3 Å². The summed E-state index contributed by atoms with van der Waals surface area (Å²) in [6, 6.07) is 13.3. The van der Waals surface area contributed by atoms with Crippen LogP contribution in [0.2, 0.25) is 0 Å². The number of ether oxygens (including phenoxy) is 1. The Hall–Kier alpha value is -3.78. The van der Waals surface area contributed by atoms with Crippen molar-refractivity contribution in [3.05, 3.63) is 95.4 Å². The van der Waals surface area contributed by atoms with E-state index in [1.807, 2.05) is 24.3 Å². The molecule has 0 aliphatic rings. The average molecular weight is 420 g/mol. The van der Waals surface area contributed by atoms with Crippen molar-refractivity contribution in [2.75, 3.05) is 6.61 Å². The van der Waals surface area contributed by atoms with E-state index in [1.165, 1.54) is 33.9 Å². The fourth-order valence-electron chi connectivity index (χ4n) is 3.28. The lowest BCUT2D eigenvalue weighted by atomic mass is 10.1. The molecule has 8 heteroatoms. The molecule has 0 saturated heterocycles. The zero-order chi connectivity index (χ0) is 21.8. The number of hydrogen-bond donors (Lipinski definition) is 1. The SMILES string of the molecule is C=CCc1ccccc1OCC(O)Cn1cnc2c(cnn2-c2ccc(F)cc2)c1=O. The molecule has 0 bridgehead atoms. The van der Waals surface area contributed by atoms with Gasteiger partial charge in [0.2, 0.25) is 0 Å². The van der Waals surface area contributed by atoms with Gasteiger partial charge < -0.3 is 9.84 Å². The third kappa shape index (κ3) is 4.39. The minimum atomic E-state index is -0.916. The monoisotopic (exact) mass is 420 g/mol. The van der Waals surface area contributed by atoms with E-state index in [2.05, 4.69) is 16.7 Å². The first-order chi connectivity index (χ1) is 15.1. The van der Waals surface area contributed by atoms with Crippen LogP contribution < -0.4 is 10.3 Å². The van der Waals surface area contributed by atoms with Crippen LogP contribution in [0.5, 0.6) is 5.75 Å². The molecule has 2 heterocycles. The number of rotatable bonds is 8. The molecule has 0 aliphatic carbocycles. The number of hydrogen-bond acceptors (Lipinski definition) is 5. The Morgan fingerprint density at radius 2 is 1.97 bits per heavy atom. The number of halogens is 1. The van der Waals surface area contributed by atoms with Gasteiger partial charge in [0.05, 0.1) is 18.4 Å². The van der Waals surface area contributed by atoms with Crippen LogP contribution in [0.25, 0.3) is 16.7 Å². The van der Waals surface area contributed by atoms with Gasteiger partial charge in [0.25, 0.3) is 5.56 Å². The van der Waals surface area contributed by atoms with E-state index in [4.69, 9.17) is 4.74 Å². The number of allylic oxidation sites excluding steroid dienone is 1. The molecule has 2 aromatic carbocycles. The molecule has 158 valence electrons. The van der Waals surface area contributed by atoms with Crippen molar-refractivity contribution >= 4 is 11.0 Å². The van der Waals surface area contributed by atoms with Gasteiger partial charge in [0.1, 0.15) is 36.0 Å². The van der Waals surface area contributed by atoms with Crippen molar-refractivity contribution < 1.29 is 14.2 Å². The highest BCUT2D eigenvalue weighted by Crippen LogP contribution is 2.19. The molecule has 0 saturated carbocycles. The van der Waals surface area contributed by atoms with Crippen LogP contribution in [0.4, 0.5) is 4.39 Å². The second-order valence-electron chi connectivity index (χ2n) is 7.04. The summed E-state index contributed by atoms with van der Waals surface area (Å²) in [5.41, 5.74) is 1.59. The maximum absolute atomic E-state index is 13.2. The lowest BCUT2D eigenvalue weighted by Crippen LogP contribution is -2.30. The third-order valence-electron chi connectivity index (χ3n) is 4.80. The number of aromatic nitrogens is 4. The molecule has 7 nitrogen and oxygen atoms in total. The molecule has 31 heavy (non-hydrogen) atoms. The van der Waals surface area contributed by atoms with Crippen molar-refractivity contribution in [2.24, 2.45) is 0 Å². The summed E-state index contributed by atoms with van der Waals surface area (Å²) in [5.74, 6) is 0.307. The maximum atomic E-state index is 13.2. The van der Waals surface area contributed by atoms with E-state index in [9.17, 15) is 14.3 Å². The predicted octanol–water partition coefficient (Wildman–Crippen LogP) is 2.89. The smallest absolute Gasteiger partial charge is 0.264 e. The van der Waals surface area contributed by atoms with Crippen molar-refractivity contribution in [1.82, 2.24) is 19.3 Å². The van der Waals surface area contributed by atoms with Crippen LogP contribution in [0, 0.1) is 5.82 Å². The van der Waals surface area contributed by atoms with Crippen LogP contribution >= 0.6 is 0 Å². The molecule has 0 aliphatic heterocycles. The van der Waals surface area contributed by atoms with Gasteiger partial charge in [-0.15, -0.1) is 6.58 Å². The predicted molar refractivity (Wildman–Crippen MR) is 115 cm³/mol. The zero-order valence-electron chi connectivity index (χ0n) is 16.7. The second kappa shape index (κ2) is 8.93. The first kappa shape index (κ1) is 20.5.